The number of carbonyl (C=O) groups excluding carboxylic acids is 1. The maximum atomic E-state index is 13.4. The lowest BCUT2D eigenvalue weighted by molar-refractivity contribution is 0.0746. The number of halogens is 2. The van der Waals surface area contributed by atoms with Crippen LogP contribution in [0.5, 0.6) is 0 Å². The van der Waals surface area contributed by atoms with E-state index in [9.17, 15) is 13.6 Å². The summed E-state index contributed by atoms with van der Waals surface area (Å²) >= 11 is 0. The zero-order valence-corrected chi connectivity index (χ0v) is 15.2. The number of benzene rings is 2. The highest BCUT2D eigenvalue weighted by Crippen LogP contribution is 2.25. The van der Waals surface area contributed by atoms with Crippen LogP contribution in [0.2, 0.25) is 0 Å². The quantitative estimate of drug-likeness (QED) is 0.826. The van der Waals surface area contributed by atoms with Gasteiger partial charge in [-0.3, -0.25) is 4.79 Å². The average Bonchev–Trinajstić information content (AvgIpc) is 3.25. The topological polar surface area (TPSA) is 26.8 Å². The Morgan fingerprint density at radius 2 is 1.26 bits per heavy atom. The number of nitrogens with zero attached hydrogens (tertiary/aromatic N) is 3. The molecule has 0 N–H and O–H groups in total. The molecule has 0 aliphatic carbocycles. The zero-order chi connectivity index (χ0) is 18.8. The number of rotatable bonds is 3. The van der Waals surface area contributed by atoms with Crippen molar-refractivity contribution < 1.29 is 13.6 Å². The number of hydrogen-bond acceptors (Lipinski definition) is 3. The molecule has 0 unspecified atom stereocenters. The summed E-state index contributed by atoms with van der Waals surface area (Å²) in [6, 6.07) is 11.9. The Hall–Kier alpha value is -2.63. The van der Waals surface area contributed by atoms with E-state index in [-0.39, 0.29) is 11.5 Å². The molecule has 0 saturated carbocycles. The van der Waals surface area contributed by atoms with E-state index in [0.717, 1.165) is 44.0 Å². The van der Waals surface area contributed by atoms with Gasteiger partial charge in [-0.25, -0.2) is 8.78 Å². The molecule has 27 heavy (non-hydrogen) atoms. The van der Waals surface area contributed by atoms with Gasteiger partial charge in [0.1, 0.15) is 0 Å². The van der Waals surface area contributed by atoms with Crippen LogP contribution in [0.15, 0.2) is 42.5 Å². The van der Waals surface area contributed by atoms with Crippen molar-refractivity contribution in [3.05, 3.63) is 59.7 Å². The van der Waals surface area contributed by atoms with E-state index in [1.165, 1.54) is 24.6 Å². The van der Waals surface area contributed by atoms with Gasteiger partial charge in [0.15, 0.2) is 11.6 Å². The van der Waals surface area contributed by atoms with E-state index < -0.39 is 11.6 Å². The number of anilines is 2. The molecule has 2 aliphatic rings. The van der Waals surface area contributed by atoms with E-state index in [2.05, 4.69) is 34.1 Å². The molecule has 142 valence electrons. The molecule has 6 heteroatoms. The Morgan fingerprint density at radius 3 is 1.81 bits per heavy atom. The molecule has 4 rings (SSSR count). The minimum Gasteiger partial charge on any atom is -0.372 e. The summed E-state index contributed by atoms with van der Waals surface area (Å²) in [6.07, 6.45) is 2.52. The van der Waals surface area contributed by atoms with Crippen molar-refractivity contribution in [1.82, 2.24) is 4.90 Å². The third-order valence-corrected chi connectivity index (χ3v) is 5.42. The van der Waals surface area contributed by atoms with Gasteiger partial charge in [0.25, 0.3) is 5.91 Å². The lowest BCUT2D eigenvalue weighted by atomic mass is 10.1. The highest BCUT2D eigenvalue weighted by Gasteiger charge is 2.23. The molecule has 2 heterocycles. The average molecular weight is 371 g/mol. The summed E-state index contributed by atoms with van der Waals surface area (Å²) < 4.78 is 26.4. The Kier molecular flexibility index (Phi) is 4.97. The van der Waals surface area contributed by atoms with Crippen LogP contribution in [0, 0.1) is 11.6 Å². The van der Waals surface area contributed by atoms with Gasteiger partial charge >= 0.3 is 0 Å². The van der Waals surface area contributed by atoms with Crippen LogP contribution >= 0.6 is 0 Å². The van der Waals surface area contributed by atoms with Gasteiger partial charge in [-0.15, -0.1) is 0 Å². The predicted octanol–water partition coefficient (Wildman–Crippen LogP) is 3.53. The summed E-state index contributed by atoms with van der Waals surface area (Å²) in [6.45, 7) is 4.82. The van der Waals surface area contributed by atoms with Crippen LogP contribution in [0.1, 0.15) is 23.2 Å². The lowest BCUT2D eigenvalue weighted by Gasteiger charge is -2.36. The van der Waals surface area contributed by atoms with Gasteiger partial charge in [0, 0.05) is 56.2 Å². The van der Waals surface area contributed by atoms with E-state index in [1.54, 1.807) is 4.90 Å². The fourth-order valence-electron chi connectivity index (χ4n) is 3.83. The van der Waals surface area contributed by atoms with Crippen molar-refractivity contribution >= 4 is 17.3 Å². The van der Waals surface area contributed by atoms with Crippen LogP contribution in [0.4, 0.5) is 20.2 Å². The van der Waals surface area contributed by atoms with Crippen molar-refractivity contribution in [2.24, 2.45) is 0 Å². The summed E-state index contributed by atoms with van der Waals surface area (Å²) in [5, 5.41) is 0. The van der Waals surface area contributed by atoms with Crippen LogP contribution < -0.4 is 9.80 Å². The Balaban J connectivity index is 1.36. The van der Waals surface area contributed by atoms with Gasteiger partial charge in [0.05, 0.1) is 0 Å². The van der Waals surface area contributed by atoms with Crippen molar-refractivity contribution in [1.29, 1.82) is 0 Å². The van der Waals surface area contributed by atoms with E-state index in [0.29, 0.717) is 13.1 Å². The number of hydrogen-bond donors (Lipinski definition) is 0. The maximum absolute atomic E-state index is 13.4. The first kappa shape index (κ1) is 17.8. The summed E-state index contributed by atoms with van der Waals surface area (Å²) in [5.41, 5.74) is 2.61. The normalized spacial score (nSPS) is 17.5. The molecule has 4 nitrogen and oxygen atoms in total. The van der Waals surface area contributed by atoms with Crippen molar-refractivity contribution in [2.75, 3.05) is 49.1 Å². The predicted molar refractivity (Wildman–Crippen MR) is 102 cm³/mol. The molecule has 2 saturated heterocycles. The minimum atomic E-state index is -0.988. The molecule has 0 bridgehead atoms. The second-order valence-corrected chi connectivity index (χ2v) is 7.12. The highest BCUT2D eigenvalue weighted by molar-refractivity contribution is 5.94. The third kappa shape index (κ3) is 3.75. The van der Waals surface area contributed by atoms with Crippen LogP contribution in [-0.4, -0.2) is 50.1 Å². The summed E-state index contributed by atoms with van der Waals surface area (Å²) in [7, 11) is 0. The fourth-order valence-corrected chi connectivity index (χ4v) is 3.83. The van der Waals surface area contributed by atoms with Gasteiger partial charge < -0.3 is 14.7 Å². The molecular formula is C21H23F2N3O. The number of carbonyl (C=O) groups is 1. The second kappa shape index (κ2) is 7.55. The lowest BCUT2D eigenvalue weighted by Crippen LogP contribution is -2.48. The summed E-state index contributed by atoms with van der Waals surface area (Å²) in [5.74, 6) is -2.18. The van der Waals surface area contributed by atoms with Crippen LogP contribution in [0.3, 0.4) is 0 Å². The first-order valence-corrected chi connectivity index (χ1v) is 9.46. The number of amides is 1. The van der Waals surface area contributed by atoms with Crippen LogP contribution in [0.25, 0.3) is 0 Å². The first-order chi connectivity index (χ1) is 13.1. The van der Waals surface area contributed by atoms with Crippen molar-refractivity contribution in [2.45, 2.75) is 12.8 Å². The zero-order valence-electron chi connectivity index (χ0n) is 15.2. The monoisotopic (exact) mass is 371 g/mol. The van der Waals surface area contributed by atoms with Gasteiger partial charge in [-0.05, 0) is 55.3 Å². The molecule has 1 amide bonds. The molecule has 2 aromatic rings. The maximum Gasteiger partial charge on any atom is 0.254 e. The van der Waals surface area contributed by atoms with Crippen molar-refractivity contribution in [3.63, 3.8) is 0 Å². The smallest absolute Gasteiger partial charge is 0.254 e. The van der Waals surface area contributed by atoms with E-state index in [1.807, 2.05) is 0 Å². The molecule has 0 radical (unpaired) electrons. The van der Waals surface area contributed by atoms with E-state index >= 15 is 0 Å². The molecule has 0 aromatic heterocycles. The van der Waals surface area contributed by atoms with Gasteiger partial charge in [-0.2, -0.15) is 0 Å². The second-order valence-electron chi connectivity index (χ2n) is 7.12. The molecule has 2 aliphatic heterocycles. The van der Waals surface area contributed by atoms with Gasteiger partial charge in [-0.1, -0.05) is 0 Å². The minimum absolute atomic E-state index is 0.192. The third-order valence-electron chi connectivity index (χ3n) is 5.42. The van der Waals surface area contributed by atoms with Gasteiger partial charge in [0.2, 0.25) is 0 Å². The van der Waals surface area contributed by atoms with E-state index in [4.69, 9.17) is 0 Å². The van der Waals surface area contributed by atoms with Crippen molar-refractivity contribution in [3.8, 4) is 0 Å². The molecule has 2 aromatic carbocycles. The largest absolute Gasteiger partial charge is 0.372 e. The highest BCUT2D eigenvalue weighted by atomic mass is 19.2. The molecule has 0 spiro atoms. The molecule has 2 fully saturated rings. The molecule has 0 atom stereocenters. The summed E-state index contributed by atoms with van der Waals surface area (Å²) in [4.78, 5) is 18.9. The SMILES string of the molecule is O=C(c1ccc(F)c(F)c1)N1CCN(c2ccc(N3CCCC3)cc2)CC1. The fraction of sp³-hybridized carbons (Fsp3) is 0.381. The molecular weight excluding hydrogens is 348 g/mol. The number of piperazine rings is 1. The Morgan fingerprint density at radius 1 is 0.704 bits per heavy atom. The Bertz CT molecular complexity index is 811. The Labute approximate surface area is 158 Å². The van der Waals surface area contributed by atoms with Crippen LogP contribution in [-0.2, 0) is 0 Å². The standard InChI is InChI=1S/C21H23F2N3O/c22-19-8-3-16(15-20(19)23)21(27)26-13-11-25(12-14-26)18-6-4-17(5-7-18)24-9-1-2-10-24/h3-8,15H,1-2,9-14H2. The first-order valence-electron chi connectivity index (χ1n) is 9.46.